The van der Waals surface area contributed by atoms with Crippen LogP contribution in [0.4, 0.5) is 4.39 Å². The molecule has 1 amide bonds. The molecule has 0 heterocycles. The number of halogens is 1. The number of carbonyl (C=O) groups is 1. The second-order valence-corrected chi connectivity index (χ2v) is 4.42. The second kappa shape index (κ2) is 6.70. The Kier molecular flexibility index (Phi) is 4.71. The van der Waals surface area contributed by atoms with Crippen LogP contribution >= 0.6 is 0 Å². The fraction of sp³-hybridized carbons (Fsp3) is 0.188. The summed E-state index contributed by atoms with van der Waals surface area (Å²) in [7, 11) is 0. The number of hydrogen-bond acceptors (Lipinski definition) is 2. The van der Waals surface area contributed by atoms with Crippen LogP contribution in [0.3, 0.4) is 0 Å². The summed E-state index contributed by atoms with van der Waals surface area (Å²) in [6, 6.07) is 13.8. The van der Waals surface area contributed by atoms with Gasteiger partial charge in [-0.2, -0.15) is 0 Å². The third-order valence-electron chi connectivity index (χ3n) is 2.93. The maximum Gasteiger partial charge on any atom is 0.258 e. The molecule has 0 spiro atoms. The van der Waals surface area contributed by atoms with E-state index in [-0.39, 0.29) is 18.3 Å². The van der Waals surface area contributed by atoms with Gasteiger partial charge in [0.25, 0.3) is 5.91 Å². The Bertz CT molecular complexity index is 547. The molecule has 3 nitrogen and oxygen atoms in total. The van der Waals surface area contributed by atoms with Gasteiger partial charge in [-0.1, -0.05) is 36.4 Å². The molecule has 0 radical (unpaired) electrons. The highest BCUT2D eigenvalue weighted by Gasteiger charge is 2.06. The predicted molar refractivity (Wildman–Crippen MR) is 74.9 cm³/mol. The number of ether oxygens (including phenoxy) is 1. The number of rotatable bonds is 5. The molecule has 2 rings (SSSR count). The molecule has 4 heteroatoms. The van der Waals surface area contributed by atoms with Crippen molar-refractivity contribution >= 4 is 5.91 Å². The van der Waals surface area contributed by atoms with E-state index >= 15 is 0 Å². The number of para-hydroxylation sites is 1. The molecule has 0 atom stereocenters. The molecule has 0 aromatic heterocycles. The number of nitrogens with one attached hydrogen (secondary N) is 1. The summed E-state index contributed by atoms with van der Waals surface area (Å²) in [4.78, 5) is 11.7. The molecule has 0 aliphatic carbocycles. The number of hydrogen-bond donors (Lipinski definition) is 1. The van der Waals surface area contributed by atoms with Crippen LogP contribution in [0.5, 0.6) is 5.75 Å². The highest BCUT2D eigenvalue weighted by atomic mass is 19.1. The van der Waals surface area contributed by atoms with Gasteiger partial charge in [-0.05, 0) is 30.2 Å². The summed E-state index contributed by atoms with van der Waals surface area (Å²) in [5.74, 6) is -0.672. The Morgan fingerprint density at radius 2 is 1.85 bits per heavy atom. The van der Waals surface area contributed by atoms with E-state index in [1.165, 1.54) is 12.1 Å². The lowest BCUT2D eigenvalue weighted by Crippen LogP contribution is -2.28. The van der Waals surface area contributed by atoms with Gasteiger partial charge in [0.2, 0.25) is 0 Å². The Balaban J connectivity index is 1.82. The summed E-state index contributed by atoms with van der Waals surface area (Å²) in [6.07, 6.45) is 0. The average molecular weight is 273 g/mol. The molecule has 20 heavy (non-hydrogen) atoms. The van der Waals surface area contributed by atoms with Crippen LogP contribution in [-0.2, 0) is 11.3 Å². The van der Waals surface area contributed by atoms with E-state index in [1.807, 2.05) is 31.2 Å². The first-order chi connectivity index (χ1) is 9.66. The molecule has 0 saturated carbocycles. The maximum absolute atomic E-state index is 13.3. The van der Waals surface area contributed by atoms with Crippen LogP contribution in [-0.4, -0.2) is 12.5 Å². The first-order valence-electron chi connectivity index (χ1n) is 6.35. The monoisotopic (exact) mass is 273 g/mol. The minimum absolute atomic E-state index is 0.0820. The molecule has 2 aromatic rings. The largest absolute Gasteiger partial charge is 0.481 e. The average Bonchev–Trinajstić information content (AvgIpc) is 2.45. The lowest BCUT2D eigenvalue weighted by molar-refractivity contribution is -0.123. The van der Waals surface area contributed by atoms with Gasteiger partial charge in [0.1, 0.15) is 0 Å². The van der Waals surface area contributed by atoms with Crippen molar-refractivity contribution in [3.63, 3.8) is 0 Å². The molecule has 0 aliphatic heterocycles. The summed E-state index contributed by atoms with van der Waals surface area (Å²) in [5, 5.41) is 2.74. The van der Waals surface area contributed by atoms with Gasteiger partial charge in [0, 0.05) is 6.54 Å². The van der Waals surface area contributed by atoms with Gasteiger partial charge >= 0.3 is 0 Å². The highest BCUT2D eigenvalue weighted by molar-refractivity contribution is 5.77. The van der Waals surface area contributed by atoms with Crippen LogP contribution in [0, 0.1) is 12.7 Å². The lowest BCUT2D eigenvalue weighted by atomic mass is 10.1. The normalized spacial score (nSPS) is 10.1. The van der Waals surface area contributed by atoms with E-state index in [0.717, 1.165) is 11.1 Å². The lowest BCUT2D eigenvalue weighted by Gasteiger charge is -2.09. The molecule has 0 bridgehead atoms. The zero-order valence-electron chi connectivity index (χ0n) is 11.2. The number of carbonyl (C=O) groups excluding carboxylic acids is 1. The van der Waals surface area contributed by atoms with E-state index in [1.54, 1.807) is 12.1 Å². The van der Waals surface area contributed by atoms with Crippen molar-refractivity contribution in [1.82, 2.24) is 5.32 Å². The standard InChI is InChI=1S/C16H16FNO2/c1-12-6-2-3-7-13(12)10-18-16(19)11-20-15-9-5-4-8-14(15)17/h2-9H,10-11H2,1H3,(H,18,19). The molecule has 0 saturated heterocycles. The minimum Gasteiger partial charge on any atom is -0.481 e. The van der Waals surface area contributed by atoms with Crippen LogP contribution in [0.25, 0.3) is 0 Å². The number of aryl methyl sites for hydroxylation is 1. The smallest absolute Gasteiger partial charge is 0.258 e. The van der Waals surface area contributed by atoms with Crippen LogP contribution in [0.1, 0.15) is 11.1 Å². The Morgan fingerprint density at radius 3 is 2.60 bits per heavy atom. The molecule has 0 fully saturated rings. The van der Waals surface area contributed by atoms with E-state index in [4.69, 9.17) is 4.74 Å². The van der Waals surface area contributed by atoms with E-state index in [2.05, 4.69) is 5.32 Å². The third-order valence-corrected chi connectivity index (χ3v) is 2.93. The van der Waals surface area contributed by atoms with Crippen molar-refractivity contribution in [2.45, 2.75) is 13.5 Å². The van der Waals surface area contributed by atoms with Crippen molar-refractivity contribution in [1.29, 1.82) is 0 Å². The topological polar surface area (TPSA) is 38.3 Å². The zero-order chi connectivity index (χ0) is 14.4. The van der Waals surface area contributed by atoms with Crippen molar-refractivity contribution < 1.29 is 13.9 Å². The molecule has 1 N–H and O–H groups in total. The third kappa shape index (κ3) is 3.82. The Morgan fingerprint density at radius 1 is 1.15 bits per heavy atom. The van der Waals surface area contributed by atoms with Crippen LogP contribution in [0.15, 0.2) is 48.5 Å². The summed E-state index contributed by atoms with van der Waals surface area (Å²) in [6.45, 7) is 2.22. The van der Waals surface area contributed by atoms with Crippen molar-refractivity contribution in [3.05, 3.63) is 65.5 Å². The fourth-order valence-electron chi connectivity index (χ4n) is 1.76. The Labute approximate surface area is 117 Å². The maximum atomic E-state index is 13.3. The van der Waals surface area contributed by atoms with E-state index < -0.39 is 5.82 Å². The molecular formula is C16H16FNO2. The SMILES string of the molecule is Cc1ccccc1CNC(=O)COc1ccccc1F. The molecule has 2 aromatic carbocycles. The quantitative estimate of drug-likeness (QED) is 0.909. The van der Waals surface area contributed by atoms with E-state index in [9.17, 15) is 9.18 Å². The molecule has 0 unspecified atom stereocenters. The number of amides is 1. The molecule has 0 aliphatic rings. The fourth-order valence-corrected chi connectivity index (χ4v) is 1.76. The van der Waals surface area contributed by atoms with Gasteiger partial charge in [-0.3, -0.25) is 4.79 Å². The molecule has 104 valence electrons. The first-order valence-corrected chi connectivity index (χ1v) is 6.35. The summed E-state index contributed by atoms with van der Waals surface area (Å²) in [5.41, 5.74) is 2.16. The van der Waals surface area contributed by atoms with Crippen LogP contribution < -0.4 is 10.1 Å². The van der Waals surface area contributed by atoms with Gasteiger partial charge < -0.3 is 10.1 Å². The van der Waals surface area contributed by atoms with Gasteiger partial charge in [0.05, 0.1) is 0 Å². The zero-order valence-corrected chi connectivity index (χ0v) is 11.2. The Hall–Kier alpha value is -2.36. The summed E-state index contributed by atoms with van der Waals surface area (Å²) >= 11 is 0. The van der Waals surface area contributed by atoms with E-state index in [0.29, 0.717) is 6.54 Å². The minimum atomic E-state index is -0.473. The molecular weight excluding hydrogens is 257 g/mol. The van der Waals surface area contributed by atoms with Crippen molar-refractivity contribution in [2.75, 3.05) is 6.61 Å². The second-order valence-electron chi connectivity index (χ2n) is 4.42. The highest BCUT2D eigenvalue weighted by Crippen LogP contribution is 2.14. The van der Waals surface area contributed by atoms with Gasteiger partial charge in [0.15, 0.2) is 18.2 Å². The van der Waals surface area contributed by atoms with Gasteiger partial charge in [-0.25, -0.2) is 4.39 Å². The van der Waals surface area contributed by atoms with Crippen molar-refractivity contribution in [3.8, 4) is 5.75 Å². The van der Waals surface area contributed by atoms with Gasteiger partial charge in [-0.15, -0.1) is 0 Å². The number of benzene rings is 2. The van der Waals surface area contributed by atoms with Crippen molar-refractivity contribution in [2.24, 2.45) is 0 Å². The summed E-state index contributed by atoms with van der Waals surface area (Å²) < 4.78 is 18.4. The van der Waals surface area contributed by atoms with Crippen LogP contribution in [0.2, 0.25) is 0 Å². The first kappa shape index (κ1) is 14.1. The predicted octanol–water partition coefficient (Wildman–Crippen LogP) is 2.83.